The summed E-state index contributed by atoms with van der Waals surface area (Å²) in [5.74, 6) is 0.693. The molecular formula is C21H21ClN2O2S. The molecule has 0 saturated heterocycles. The van der Waals surface area contributed by atoms with Crippen LogP contribution in [0.3, 0.4) is 0 Å². The first-order valence-electron chi connectivity index (χ1n) is 8.65. The number of hydrogen-bond donors (Lipinski definition) is 0. The highest BCUT2D eigenvalue weighted by molar-refractivity contribution is 7.13. The molecule has 0 aliphatic rings. The summed E-state index contributed by atoms with van der Waals surface area (Å²) in [6.07, 6.45) is 0. The molecule has 0 aliphatic heterocycles. The van der Waals surface area contributed by atoms with Crippen molar-refractivity contribution in [2.24, 2.45) is 0 Å². The quantitative estimate of drug-likeness (QED) is 0.546. The zero-order valence-electron chi connectivity index (χ0n) is 15.5. The van der Waals surface area contributed by atoms with E-state index in [0.717, 1.165) is 21.9 Å². The van der Waals surface area contributed by atoms with Crippen LogP contribution in [0.5, 0.6) is 5.75 Å². The zero-order chi connectivity index (χ0) is 19.4. The Morgan fingerprint density at radius 1 is 1.19 bits per heavy atom. The number of carbonyl (C=O) groups is 1. The second-order valence-electron chi connectivity index (χ2n) is 6.45. The van der Waals surface area contributed by atoms with Crippen molar-refractivity contribution in [2.45, 2.75) is 26.5 Å². The van der Waals surface area contributed by atoms with Crippen molar-refractivity contribution in [3.63, 3.8) is 0 Å². The fourth-order valence-corrected chi connectivity index (χ4v) is 3.38. The molecule has 3 aromatic rings. The first kappa shape index (κ1) is 19.4. The van der Waals surface area contributed by atoms with Gasteiger partial charge in [0.25, 0.3) is 5.91 Å². The summed E-state index contributed by atoms with van der Waals surface area (Å²) in [5.41, 5.74) is 2.38. The number of aromatic nitrogens is 1. The third kappa shape index (κ3) is 4.67. The molecule has 140 valence electrons. The first-order chi connectivity index (χ1) is 13.0. The predicted molar refractivity (Wildman–Crippen MR) is 111 cm³/mol. The Morgan fingerprint density at radius 2 is 1.89 bits per heavy atom. The fourth-order valence-electron chi connectivity index (χ4n) is 2.39. The topological polar surface area (TPSA) is 42.4 Å². The average Bonchev–Trinajstić information content (AvgIpc) is 3.16. The van der Waals surface area contributed by atoms with Gasteiger partial charge in [0.05, 0.1) is 0 Å². The van der Waals surface area contributed by atoms with Gasteiger partial charge in [-0.2, -0.15) is 0 Å². The third-order valence-corrected chi connectivity index (χ3v) is 5.53. The maximum absolute atomic E-state index is 12.4. The molecule has 3 rings (SSSR count). The number of benzene rings is 2. The van der Waals surface area contributed by atoms with Gasteiger partial charge in [0.1, 0.15) is 23.1 Å². The molecule has 0 fully saturated rings. The van der Waals surface area contributed by atoms with Gasteiger partial charge in [-0.05, 0) is 44.2 Å². The van der Waals surface area contributed by atoms with Crippen molar-refractivity contribution in [1.29, 1.82) is 0 Å². The number of hydrogen-bond acceptors (Lipinski definition) is 4. The monoisotopic (exact) mass is 400 g/mol. The van der Waals surface area contributed by atoms with Crippen molar-refractivity contribution in [3.05, 3.63) is 70.2 Å². The van der Waals surface area contributed by atoms with Crippen LogP contribution in [0.15, 0.2) is 53.9 Å². The summed E-state index contributed by atoms with van der Waals surface area (Å²) < 4.78 is 5.80. The average molecular weight is 401 g/mol. The van der Waals surface area contributed by atoms with Crippen molar-refractivity contribution >= 4 is 28.8 Å². The number of rotatable bonds is 6. The van der Waals surface area contributed by atoms with Crippen LogP contribution in [-0.2, 0) is 6.61 Å². The summed E-state index contributed by atoms with van der Waals surface area (Å²) in [6.45, 7) is 4.37. The van der Waals surface area contributed by atoms with E-state index in [0.29, 0.717) is 17.3 Å². The second kappa shape index (κ2) is 8.55. The number of carbonyl (C=O) groups excluding carboxylic acids is 1. The van der Waals surface area contributed by atoms with Crippen LogP contribution in [0.2, 0.25) is 5.02 Å². The smallest absolute Gasteiger partial charge is 0.273 e. The standard InChI is InChI=1S/C21H21ClN2O2S/c1-14(2)24(3)21(25)19-13-27-20(23-19)15-8-10-17(11-9-15)26-12-16-6-4-5-7-18(16)22/h4-11,13-14H,12H2,1-3H3. The highest BCUT2D eigenvalue weighted by atomic mass is 35.5. The van der Waals surface area contributed by atoms with Gasteiger partial charge in [0.2, 0.25) is 0 Å². The minimum Gasteiger partial charge on any atom is -0.489 e. The van der Waals surface area contributed by atoms with Crippen molar-refractivity contribution in [1.82, 2.24) is 9.88 Å². The van der Waals surface area contributed by atoms with Gasteiger partial charge in [-0.15, -0.1) is 11.3 Å². The number of ether oxygens (including phenoxy) is 1. The lowest BCUT2D eigenvalue weighted by Crippen LogP contribution is -2.33. The highest BCUT2D eigenvalue weighted by Gasteiger charge is 2.18. The van der Waals surface area contributed by atoms with E-state index in [1.54, 1.807) is 17.3 Å². The molecule has 0 unspecified atom stereocenters. The summed E-state index contributed by atoms with van der Waals surface area (Å²) in [4.78, 5) is 18.5. The number of thiazole rings is 1. The predicted octanol–water partition coefficient (Wildman–Crippen LogP) is 5.52. The number of amides is 1. The maximum Gasteiger partial charge on any atom is 0.273 e. The molecule has 2 aromatic carbocycles. The Balaban J connectivity index is 1.67. The second-order valence-corrected chi connectivity index (χ2v) is 7.72. The molecule has 1 heterocycles. The zero-order valence-corrected chi connectivity index (χ0v) is 17.1. The van der Waals surface area contributed by atoms with Crippen LogP contribution in [-0.4, -0.2) is 28.9 Å². The van der Waals surface area contributed by atoms with Gasteiger partial charge < -0.3 is 9.64 Å². The lowest BCUT2D eigenvalue weighted by atomic mass is 10.2. The molecular weight excluding hydrogens is 380 g/mol. The minimum atomic E-state index is -0.0628. The van der Waals surface area contributed by atoms with Gasteiger partial charge >= 0.3 is 0 Å². The SMILES string of the molecule is CC(C)N(C)C(=O)c1csc(-c2ccc(OCc3ccccc3Cl)cc2)n1. The third-order valence-electron chi connectivity index (χ3n) is 4.27. The fraction of sp³-hybridized carbons (Fsp3) is 0.238. The molecule has 0 aliphatic carbocycles. The van der Waals surface area contributed by atoms with E-state index in [1.807, 2.05) is 62.4 Å². The molecule has 0 N–H and O–H groups in total. The molecule has 0 spiro atoms. The maximum atomic E-state index is 12.4. The van der Waals surface area contributed by atoms with E-state index in [1.165, 1.54) is 11.3 Å². The first-order valence-corrected chi connectivity index (χ1v) is 9.91. The van der Waals surface area contributed by atoms with Crippen LogP contribution in [0.1, 0.15) is 29.9 Å². The minimum absolute atomic E-state index is 0.0628. The van der Waals surface area contributed by atoms with Gasteiger partial charge in [-0.3, -0.25) is 4.79 Å². The van der Waals surface area contributed by atoms with Gasteiger partial charge in [-0.25, -0.2) is 4.98 Å². The largest absolute Gasteiger partial charge is 0.489 e. The van der Waals surface area contributed by atoms with Gasteiger partial charge in [-0.1, -0.05) is 29.8 Å². The molecule has 0 bridgehead atoms. The molecule has 1 aromatic heterocycles. The van der Waals surface area contributed by atoms with Crippen LogP contribution in [0.25, 0.3) is 10.6 Å². The van der Waals surface area contributed by atoms with E-state index in [2.05, 4.69) is 4.98 Å². The Hall–Kier alpha value is -2.37. The summed E-state index contributed by atoms with van der Waals surface area (Å²) in [7, 11) is 1.79. The molecule has 0 saturated carbocycles. The Bertz CT molecular complexity index is 922. The lowest BCUT2D eigenvalue weighted by molar-refractivity contribution is 0.0750. The van der Waals surface area contributed by atoms with E-state index >= 15 is 0 Å². The Morgan fingerprint density at radius 3 is 2.56 bits per heavy atom. The molecule has 1 amide bonds. The summed E-state index contributed by atoms with van der Waals surface area (Å²) in [6, 6.07) is 15.4. The van der Waals surface area contributed by atoms with Gasteiger partial charge in [0.15, 0.2) is 0 Å². The number of nitrogens with zero attached hydrogens (tertiary/aromatic N) is 2. The molecule has 0 radical (unpaired) electrons. The van der Waals surface area contributed by atoms with E-state index in [4.69, 9.17) is 16.3 Å². The van der Waals surface area contributed by atoms with Crippen molar-refractivity contribution in [2.75, 3.05) is 7.05 Å². The van der Waals surface area contributed by atoms with E-state index < -0.39 is 0 Å². The van der Waals surface area contributed by atoms with Crippen LogP contribution in [0.4, 0.5) is 0 Å². The van der Waals surface area contributed by atoms with Crippen LogP contribution < -0.4 is 4.74 Å². The lowest BCUT2D eigenvalue weighted by Gasteiger charge is -2.19. The van der Waals surface area contributed by atoms with E-state index in [9.17, 15) is 4.79 Å². The van der Waals surface area contributed by atoms with Crippen LogP contribution >= 0.6 is 22.9 Å². The molecule has 6 heteroatoms. The van der Waals surface area contributed by atoms with Crippen molar-refractivity contribution < 1.29 is 9.53 Å². The Kier molecular flexibility index (Phi) is 6.14. The number of halogens is 1. The highest BCUT2D eigenvalue weighted by Crippen LogP contribution is 2.27. The molecule has 27 heavy (non-hydrogen) atoms. The molecule has 4 nitrogen and oxygen atoms in total. The Labute approximate surface area is 168 Å². The van der Waals surface area contributed by atoms with Gasteiger partial charge in [0, 0.05) is 34.6 Å². The van der Waals surface area contributed by atoms with E-state index in [-0.39, 0.29) is 11.9 Å². The summed E-state index contributed by atoms with van der Waals surface area (Å²) >= 11 is 7.61. The summed E-state index contributed by atoms with van der Waals surface area (Å²) in [5, 5.41) is 3.31. The molecule has 0 atom stereocenters. The normalized spacial score (nSPS) is 10.9. The van der Waals surface area contributed by atoms with Crippen molar-refractivity contribution in [3.8, 4) is 16.3 Å². The van der Waals surface area contributed by atoms with Crippen LogP contribution in [0, 0.1) is 0 Å².